The molecule has 12 heteroatoms. The Morgan fingerprint density at radius 1 is 1.10 bits per heavy atom. The van der Waals surface area contributed by atoms with Crippen LogP contribution < -0.4 is 0 Å². The van der Waals surface area contributed by atoms with Crippen LogP contribution in [0.2, 0.25) is 0 Å². The van der Waals surface area contributed by atoms with E-state index in [-0.39, 0.29) is 29.7 Å². The van der Waals surface area contributed by atoms with Crippen LogP contribution in [-0.2, 0) is 44.3 Å². The summed E-state index contributed by atoms with van der Waals surface area (Å²) in [6, 6.07) is 4.55. The normalized spacial score (nSPS) is 39.8. The highest BCUT2D eigenvalue weighted by atomic mass is 19.4. The van der Waals surface area contributed by atoms with Gasteiger partial charge in [0.15, 0.2) is 11.9 Å². The summed E-state index contributed by atoms with van der Waals surface area (Å²) in [5.41, 5.74) is -3.37. The molecule has 278 valence electrons. The van der Waals surface area contributed by atoms with Crippen molar-refractivity contribution < 1.29 is 56.4 Å². The van der Waals surface area contributed by atoms with Gasteiger partial charge in [0, 0.05) is 36.3 Å². The molecule has 52 heavy (non-hydrogen) atoms. The molecule has 11 unspecified atom stereocenters. The lowest BCUT2D eigenvalue weighted by Crippen LogP contribution is -2.70. The van der Waals surface area contributed by atoms with Crippen LogP contribution in [0.1, 0.15) is 78.4 Å². The van der Waals surface area contributed by atoms with Gasteiger partial charge >= 0.3 is 24.1 Å². The lowest BCUT2D eigenvalue weighted by atomic mass is 9.42. The summed E-state index contributed by atoms with van der Waals surface area (Å²) in [6.07, 6.45) is 1.04. The number of cyclic esters (lactones) is 1. The van der Waals surface area contributed by atoms with Crippen LogP contribution in [0, 0.1) is 28.6 Å². The molecule has 1 aromatic carbocycles. The number of ketones is 1. The van der Waals surface area contributed by atoms with Crippen molar-refractivity contribution in [2.45, 2.75) is 109 Å². The Morgan fingerprint density at radius 3 is 2.50 bits per heavy atom. The van der Waals surface area contributed by atoms with Crippen LogP contribution in [0.3, 0.4) is 0 Å². The molecule has 1 spiro atoms. The minimum atomic E-state index is -4.54. The third-order valence-electron chi connectivity index (χ3n) is 13.4. The third kappa shape index (κ3) is 5.10. The van der Waals surface area contributed by atoms with Crippen molar-refractivity contribution in [2.75, 3.05) is 0 Å². The highest BCUT2D eigenvalue weighted by Gasteiger charge is 2.83. The van der Waals surface area contributed by atoms with Gasteiger partial charge in [0.2, 0.25) is 0 Å². The first-order valence-electron chi connectivity index (χ1n) is 17.7. The second kappa shape index (κ2) is 12.0. The zero-order valence-electron chi connectivity index (χ0n) is 29.9. The first-order valence-corrected chi connectivity index (χ1v) is 17.7. The minimum Gasteiger partial charge on any atom is -0.458 e. The van der Waals surface area contributed by atoms with Crippen molar-refractivity contribution in [3.05, 3.63) is 76.4 Å². The standard InChI is InChI=1S/C40H43F3O9/c1-20-16-29(50-35(47)21(20)2)22(3)27-18-32(49-23(4)44)38(48)28-19-33-39(52-33)31(12-11-30(45)37(39,6)26(28)14-15-36(27,38)5)51-34(46)13-10-24-8-7-9-25(17-24)40(41,42)43/h7-13,17-18,22,26,28-29,31-33,48H,14-16,19H2,1-6H3. The van der Waals surface area contributed by atoms with E-state index in [1.807, 2.05) is 26.8 Å². The highest BCUT2D eigenvalue weighted by molar-refractivity contribution is 5.98. The number of epoxide rings is 1. The average molecular weight is 725 g/mol. The summed E-state index contributed by atoms with van der Waals surface area (Å²) in [7, 11) is 0. The van der Waals surface area contributed by atoms with Gasteiger partial charge in [0.25, 0.3) is 0 Å². The molecule has 4 aliphatic carbocycles. The van der Waals surface area contributed by atoms with E-state index in [0.717, 1.165) is 29.4 Å². The largest absolute Gasteiger partial charge is 0.458 e. The highest BCUT2D eigenvalue weighted by Crippen LogP contribution is 2.74. The number of esters is 3. The number of rotatable bonds is 6. The quantitative estimate of drug-likeness (QED) is 0.119. The fraction of sp³-hybridized carbons (Fsp3) is 0.550. The lowest BCUT2D eigenvalue weighted by Gasteiger charge is -2.61. The maximum absolute atomic E-state index is 14.0. The molecule has 3 fully saturated rings. The molecular weight excluding hydrogens is 681 g/mol. The number of alkyl halides is 3. The van der Waals surface area contributed by atoms with Crippen LogP contribution in [0.5, 0.6) is 0 Å². The molecule has 0 radical (unpaired) electrons. The predicted octanol–water partition coefficient (Wildman–Crippen LogP) is 6.24. The number of carbonyl (C=O) groups excluding carboxylic acids is 4. The number of aliphatic hydroxyl groups is 1. The van der Waals surface area contributed by atoms with Crippen LogP contribution in [0.25, 0.3) is 6.08 Å². The van der Waals surface area contributed by atoms with Crippen molar-refractivity contribution in [3.63, 3.8) is 0 Å². The van der Waals surface area contributed by atoms with Crippen molar-refractivity contribution in [1.82, 2.24) is 0 Å². The summed E-state index contributed by atoms with van der Waals surface area (Å²) in [5, 5.41) is 13.1. The second-order valence-corrected chi connectivity index (χ2v) is 15.8. The molecule has 0 aromatic heterocycles. The monoisotopic (exact) mass is 724 g/mol. The number of ether oxygens (including phenoxy) is 4. The number of carbonyl (C=O) groups is 4. The van der Waals surface area contributed by atoms with Crippen molar-refractivity contribution >= 4 is 29.8 Å². The molecule has 7 rings (SSSR count). The number of fused-ring (bicyclic) bond motifs is 4. The number of hydrogen-bond donors (Lipinski definition) is 1. The summed E-state index contributed by atoms with van der Waals surface area (Å²) in [5.74, 6) is -3.37. The SMILES string of the molecule is CC(=O)OC1C=C(C(C)C2CC(C)=C(C)C(=O)O2)C2(C)CCC3C(CC4OC45C(OC(=O)C=Cc4cccc(C(F)(F)F)c4)C=CC(=O)C35C)C12O. The Morgan fingerprint density at radius 2 is 1.83 bits per heavy atom. The van der Waals surface area contributed by atoms with Crippen LogP contribution in [0.4, 0.5) is 13.2 Å². The molecular formula is C40H43F3O9. The van der Waals surface area contributed by atoms with Crippen molar-refractivity contribution in [3.8, 4) is 0 Å². The van der Waals surface area contributed by atoms with E-state index in [9.17, 15) is 37.5 Å². The Kier molecular flexibility index (Phi) is 8.38. The van der Waals surface area contributed by atoms with E-state index in [1.54, 1.807) is 13.8 Å². The van der Waals surface area contributed by atoms with Gasteiger partial charge in [0.05, 0.1) is 17.1 Å². The van der Waals surface area contributed by atoms with Crippen LogP contribution in [-0.4, -0.2) is 64.4 Å². The molecule has 1 saturated heterocycles. The van der Waals surface area contributed by atoms with Gasteiger partial charge in [-0.05, 0) is 93.9 Å². The zero-order chi connectivity index (χ0) is 37.8. The average Bonchev–Trinajstić information content (AvgIpc) is 3.77. The maximum Gasteiger partial charge on any atom is 0.416 e. The molecule has 6 aliphatic rings. The van der Waals surface area contributed by atoms with Gasteiger partial charge in [-0.25, -0.2) is 9.59 Å². The minimum absolute atomic E-state index is 0.160. The molecule has 2 saturated carbocycles. The summed E-state index contributed by atoms with van der Waals surface area (Å²) in [4.78, 5) is 52.4. The zero-order valence-corrected chi connectivity index (χ0v) is 29.9. The van der Waals surface area contributed by atoms with E-state index >= 15 is 0 Å². The molecule has 0 amide bonds. The number of allylic oxidation sites excluding steroid dienone is 1. The first-order chi connectivity index (χ1) is 24.3. The van der Waals surface area contributed by atoms with Crippen molar-refractivity contribution in [1.29, 1.82) is 0 Å². The van der Waals surface area contributed by atoms with Crippen molar-refractivity contribution in [2.24, 2.45) is 28.6 Å². The van der Waals surface area contributed by atoms with E-state index in [2.05, 4.69) is 0 Å². The molecule has 1 N–H and O–H groups in total. The molecule has 11 atom stereocenters. The Hall–Kier alpha value is -4.03. The molecule has 0 bridgehead atoms. The third-order valence-corrected chi connectivity index (χ3v) is 13.4. The summed E-state index contributed by atoms with van der Waals surface area (Å²) < 4.78 is 63.6. The fourth-order valence-corrected chi connectivity index (χ4v) is 10.4. The smallest absolute Gasteiger partial charge is 0.416 e. The molecule has 9 nitrogen and oxygen atoms in total. The van der Waals surface area contributed by atoms with Gasteiger partial charge in [-0.2, -0.15) is 13.2 Å². The van der Waals surface area contributed by atoms with Gasteiger partial charge < -0.3 is 24.1 Å². The Bertz CT molecular complexity index is 1880. The number of halogens is 3. The van der Waals surface area contributed by atoms with E-state index in [4.69, 9.17) is 18.9 Å². The molecule has 2 heterocycles. The maximum atomic E-state index is 14.0. The fourth-order valence-electron chi connectivity index (χ4n) is 10.4. The predicted molar refractivity (Wildman–Crippen MR) is 180 cm³/mol. The Labute approximate surface area is 299 Å². The molecule has 2 aliphatic heterocycles. The van der Waals surface area contributed by atoms with E-state index < -0.39 is 82.0 Å². The first kappa shape index (κ1) is 36.3. The van der Waals surface area contributed by atoms with E-state index in [0.29, 0.717) is 24.8 Å². The summed E-state index contributed by atoms with van der Waals surface area (Å²) >= 11 is 0. The summed E-state index contributed by atoms with van der Waals surface area (Å²) in [6.45, 7) is 10.6. The van der Waals surface area contributed by atoms with Gasteiger partial charge in [-0.15, -0.1) is 0 Å². The topological polar surface area (TPSA) is 129 Å². The number of benzene rings is 1. The van der Waals surface area contributed by atoms with Crippen LogP contribution in [0.15, 0.2) is 65.3 Å². The number of hydrogen-bond acceptors (Lipinski definition) is 9. The van der Waals surface area contributed by atoms with Gasteiger partial charge in [-0.3, -0.25) is 9.59 Å². The molecule has 1 aromatic rings. The second-order valence-electron chi connectivity index (χ2n) is 15.8. The lowest BCUT2D eigenvalue weighted by molar-refractivity contribution is -0.225. The van der Waals surface area contributed by atoms with Gasteiger partial charge in [0.1, 0.15) is 23.4 Å². The van der Waals surface area contributed by atoms with Crippen LogP contribution >= 0.6 is 0 Å². The Balaban J connectivity index is 1.18. The van der Waals surface area contributed by atoms with E-state index in [1.165, 1.54) is 37.3 Å². The van der Waals surface area contributed by atoms with Gasteiger partial charge in [-0.1, -0.05) is 37.1 Å².